The number of nitrogens with two attached hydrogens (primary N) is 1. The summed E-state index contributed by atoms with van der Waals surface area (Å²) in [5.74, 6) is 0. The lowest BCUT2D eigenvalue weighted by Gasteiger charge is -2.23. The molecule has 3 N–H and O–H groups in total. The van der Waals surface area contributed by atoms with Crippen molar-refractivity contribution in [3.63, 3.8) is 0 Å². The van der Waals surface area contributed by atoms with Crippen LogP contribution >= 0.6 is 11.6 Å². The number of nitrogens with zero attached hydrogens (tertiary/aromatic N) is 2. The van der Waals surface area contributed by atoms with Crippen LogP contribution in [0.3, 0.4) is 0 Å². The number of aromatic nitrogens is 1. The Morgan fingerprint density at radius 2 is 2.17 bits per heavy atom. The summed E-state index contributed by atoms with van der Waals surface area (Å²) in [6.45, 7) is 0.492. The van der Waals surface area contributed by atoms with Crippen LogP contribution in [0.4, 0.5) is 0 Å². The number of pyridine rings is 1. The SMILES string of the molecule is CN(C)NC(CN)c1ccc(Cl)c2cccnc12. The van der Waals surface area contributed by atoms with Crippen molar-refractivity contribution in [1.82, 2.24) is 15.4 Å². The molecule has 0 radical (unpaired) electrons. The number of fused-ring (bicyclic) bond motifs is 1. The molecule has 0 bridgehead atoms. The molecular weight excluding hydrogens is 248 g/mol. The average Bonchev–Trinajstić information content (AvgIpc) is 2.37. The maximum Gasteiger partial charge on any atom is 0.0765 e. The van der Waals surface area contributed by atoms with Crippen LogP contribution in [0.5, 0.6) is 0 Å². The number of nitrogens with one attached hydrogen (secondary N) is 1. The van der Waals surface area contributed by atoms with E-state index < -0.39 is 0 Å². The van der Waals surface area contributed by atoms with Crippen molar-refractivity contribution < 1.29 is 0 Å². The lowest BCUT2D eigenvalue weighted by atomic mass is 10.0. The molecule has 0 fully saturated rings. The van der Waals surface area contributed by atoms with Gasteiger partial charge in [0.2, 0.25) is 0 Å². The molecule has 18 heavy (non-hydrogen) atoms. The first-order chi connectivity index (χ1) is 8.63. The van der Waals surface area contributed by atoms with Crippen molar-refractivity contribution in [2.45, 2.75) is 6.04 Å². The summed E-state index contributed by atoms with van der Waals surface area (Å²) in [5, 5.41) is 3.55. The minimum absolute atomic E-state index is 0.0228. The van der Waals surface area contributed by atoms with Crippen LogP contribution in [0.2, 0.25) is 5.02 Å². The number of hydrazine groups is 1. The summed E-state index contributed by atoms with van der Waals surface area (Å²) in [5.41, 5.74) is 11.1. The lowest BCUT2D eigenvalue weighted by Crippen LogP contribution is -2.38. The second-order valence-electron chi connectivity index (χ2n) is 4.35. The summed E-state index contributed by atoms with van der Waals surface area (Å²) >= 11 is 6.18. The number of hydrogen-bond acceptors (Lipinski definition) is 4. The molecule has 1 atom stereocenters. The molecule has 2 rings (SSSR count). The van der Waals surface area contributed by atoms with Crippen LogP contribution < -0.4 is 11.2 Å². The Morgan fingerprint density at radius 1 is 1.39 bits per heavy atom. The van der Waals surface area contributed by atoms with Gasteiger partial charge in [0, 0.05) is 37.2 Å². The highest BCUT2D eigenvalue weighted by Gasteiger charge is 2.15. The van der Waals surface area contributed by atoms with Gasteiger partial charge in [0.05, 0.1) is 11.6 Å². The lowest BCUT2D eigenvalue weighted by molar-refractivity contribution is 0.246. The highest BCUT2D eigenvalue weighted by molar-refractivity contribution is 6.35. The molecule has 0 saturated carbocycles. The van der Waals surface area contributed by atoms with Crippen molar-refractivity contribution in [3.8, 4) is 0 Å². The molecule has 5 heteroatoms. The maximum absolute atomic E-state index is 6.18. The third-order valence-electron chi connectivity index (χ3n) is 2.77. The fraction of sp³-hybridized carbons (Fsp3) is 0.308. The van der Waals surface area contributed by atoms with Gasteiger partial charge in [0.15, 0.2) is 0 Å². The standard InChI is InChI=1S/C13H17ClN4/c1-18(2)17-12(8-15)10-5-6-11(14)9-4-3-7-16-13(9)10/h3-7,12,17H,8,15H2,1-2H3. The van der Waals surface area contributed by atoms with Gasteiger partial charge >= 0.3 is 0 Å². The molecule has 0 aliphatic rings. The van der Waals surface area contributed by atoms with Crippen LogP contribution in [0.25, 0.3) is 10.9 Å². The molecule has 1 aromatic carbocycles. The Hall–Kier alpha value is -1.20. The van der Waals surface area contributed by atoms with E-state index >= 15 is 0 Å². The van der Waals surface area contributed by atoms with Gasteiger partial charge in [-0.3, -0.25) is 4.98 Å². The average molecular weight is 265 g/mol. The van der Waals surface area contributed by atoms with Gasteiger partial charge < -0.3 is 5.73 Å². The second kappa shape index (κ2) is 5.63. The van der Waals surface area contributed by atoms with E-state index in [2.05, 4.69) is 10.4 Å². The highest BCUT2D eigenvalue weighted by atomic mass is 35.5. The zero-order valence-corrected chi connectivity index (χ0v) is 11.3. The zero-order valence-electron chi connectivity index (χ0n) is 10.5. The molecule has 0 aliphatic heterocycles. The minimum Gasteiger partial charge on any atom is -0.329 e. The van der Waals surface area contributed by atoms with Gasteiger partial charge in [-0.2, -0.15) is 0 Å². The van der Waals surface area contributed by atoms with Crippen molar-refractivity contribution in [3.05, 3.63) is 41.0 Å². The molecule has 0 spiro atoms. The van der Waals surface area contributed by atoms with Gasteiger partial charge in [-0.15, -0.1) is 0 Å². The van der Waals surface area contributed by atoms with E-state index in [9.17, 15) is 0 Å². The molecule has 1 unspecified atom stereocenters. The Bertz CT molecular complexity index is 542. The first-order valence-electron chi connectivity index (χ1n) is 5.80. The van der Waals surface area contributed by atoms with E-state index in [-0.39, 0.29) is 6.04 Å². The van der Waals surface area contributed by atoms with Gasteiger partial charge in [-0.05, 0) is 23.8 Å². The van der Waals surface area contributed by atoms with Gasteiger partial charge in [-0.25, -0.2) is 10.4 Å². The number of rotatable bonds is 4. The first-order valence-corrected chi connectivity index (χ1v) is 6.18. The molecule has 0 aliphatic carbocycles. The number of benzene rings is 1. The molecule has 96 valence electrons. The predicted octanol–water partition coefficient (Wildman–Crippen LogP) is 1.95. The van der Waals surface area contributed by atoms with Crippen molar-refractivity contribution >= 4 is 22.5 Å². The van der Waals surface area contributed by atoms with Gasteiger partial charge in [0.1, 0.15) is 0 Å². The van der Waals surface area contributed by atoms with E-state index in [1.54, 1.807) is 6.20 Å². The third-order valence-corrected chi connectivity index (χ3v) is 3.10. The molecule has 0 saturated heterocycles. The Kier molecular flexibility index (Phi) is 4.14. The molecule has 2 aromatic rings. The van der Waals surface area contributed by atoms with E-state index in [0.29, 0.717) is 11.6 Å². The van der Waals surface area contributed by atoms with Crippen LogP contribution in [-0.4, -0.2) is 30.6 Å². The summed E-state index contributed by atoms with van der Waals surface area (Å²) in [6.07, 6.45) is 1.77. The quantitative estimate of drug-likeness (QED) is 0.829. The van der Waals surface area contributed by atoms with Crippen molar-refractivity contribution in [1.29, 1.82) is 0 Å². The van der Waals surface area contributed by atoms with Crippen molar-refractivity contribution in [2.24, 2.45) is 5.73 Å². The second-order valence-corrected chi connectivity index (χ2v) is 4.76. The van der Waals surface area contributed by atoms with E-state index in [4.69, 9.17) is 17.3 Å². The third kappa shape index (κ3) is 2.62. The predicted molar refractivity (Wildman–Crippen MR) is 75.4 cm³/mol. The van der Waals surface area contributed by atoms with Crippen molar-refractivity contribution in [2.75, 3.05) is 20.6 Å². The fourth-order valence-electron chi connectivity index (χ4n) is 2.00. The van der Waals surface area contributed by atoms with E-state index in [1.165, 1.54) is 0 Å². The number of halogens is 1. The van der Waals surface area contributed by atoms with E-state index in [0.717, 1.165) is 16.5 Å². The molecule has 1 heterocycles. The first kappa shape index (κ1) is 13.2. The van der Waals surface area contributed by atoms with Gasteiger partial charge in [-0.1, -0.05) is 17.7 Å². The topological polar surface area (TPSA) is 54.2 Å². The molecule has 1 aromatic heterocycles. The highest BCUT2D eigenvalue weighted by Crippen LogP contribution is 2.28. The smallest absolute Gasteiger partial charge is 0.0765 e. The Labute approximate surface area is 112 Å². The largest absolute Gasteiger partial charge is 0.329 e. The Morgan fingerprint density at radius 3 is 2.83 bits per heavy atom. The number of hydrogen-bond donors (Lipinski definition) is 2. The maximum atomic E-state index is 6.18. The summed E-state index contributed by atoms with van der Waals surface area (Å²) in [6, 6.07) is 7.74. The summed E-state index contributed by atoms with van der Waals surface area (Å²) in [4.78, 5) is 4.42. The molecule has 4 nitrogen and oxygen atoms in total. The van der Waals surface area contributed by atoms with Crippen LogP contribution in [0, 0.1) is 0 Å². The van der Waals surface area contributed by atoms with Crippen LogP contribution in [0.15, 0.2) is 30.5 Å². The summed E-state index contributed by atoms with van der Waals surface area (Å²) < 4.78 is 0. The normalized spacial score (nSPS) is 13.2. The van der Waals surface area contributed by atoms with E-state index in [1.807, 2.05) is 43.4 Å². The monoisotopic (exact) mass is 264 g/mol. The van der Waals surface area contributed by atoms with Crippen LogP contribution in [0.1, 0.15) is 11.6 Å². The molecule has 0 amide bonds. The van der Waals surface area contributed by atoms with Gasteiger partial charge in [0.25, 0.3) is 0 Å². The van der Waals surface area contributed by atoms with Crippen LogP contribution in [-0.2, 0) is 0 Å². The fourth-order valence-corrected chi connectivity index (χ4v) is 2.22. The minimum atomic E-state index is 0.0228. The Balaban J connectivity index is 2.53. The summed E-state index contributed by atoms with van der Waals surface area (Å²) in [7, 11) is 3.88. The zero-order chi connectivity index (χ0) is 13.1. The molecular formula is C13H17ClN4.